The van der Waals surface area contributed by atoms with Crippen molar-refractivity contribution in [1.29, 1.82) is 0 Å². The van der Waals surface area contributed by atoms with Gasteiger partial charge in [-0.1, -0.05) is 30.3 Å². The first-order valence-corrected chi connectivity index (χ1v) is 9.93. The van der Waals surface area contributed by atoms with Gasteiger partial charge in [-0.25, -0.2) is 4.98 Å². The number of aryl methyl sites for hydroxylation is 1. The minimum atomic E-state index is -0.642. The number of aromatic nitrogens is 3. The Morgan fingerprint density at radius 2 is 1.89 bits per heavy atom. The van der Waals surface area contributed by atoms with Crippen LogP contribution in [0.2, 0.25) is 5.15 Å². The molecule has 0 amide bonds. The molecule has 2 aromatic heterocycles. The highest BCUT2D eigenvalue weighted by molar-refractivity contribution is 7.98. The number of methoxy groups -OCH3 is 1. The third-order valence-corrected chi connectivity index (χ3v) is 5.04. The van der Waals surface area contributed by atoms with Gasteiger partial charge in [0.2, 0.25) is 11.8 Å². The van der Waals surface area contributed by atoms with E-state index in [0.717, 1.165) is 11.1 Å². The monoisotopic (exact) mass is 409 g/mol. The van der Waals surface area contributed by atoms with Gasteiger partial charge < -0.3 is 9.47 Å². The molecule has 2 aromatic rings. The Bertz CT molecular complexity index is 817. The van der Waals surface area contributed by atoms with E-state index < -0.39 is 5.41 Å². The van der Waals surface area contributed by atoms with Gasteiger partial charge in [-0.2, -0.15) is 9.97 Å². The van der Waals surface area contributed by atoms with E-state index in [1.165, 1.54) is 18.9 Å². The third-order valence-electron chi connectivity index (χ3n) is 3.84. The number of nitrogens with zero attached hydrogens (tertiary/aromatic N) is 3. The van der Waals surface area contributed by atoms with E-state index >= 15 is 0 Å². The summed E-state index contributed by atoms with van der Waals surface area (Å²) in [6.07, 6.45) is 2.25. The third kappa shape index (κ3) is 5.32. The van der Waals surface area contributed by atoms with Gasteiger partial charge >= 0.3 is 5.97 Å². The topological polar surface area (TPSA) is 74.2 Å². The first kappa shape index (κ1) is 21.4. The van der Waals surface area contributed by atoms with Crippen molar-refractivity contribution in [3.05, 3.63) is 34.1 Å². The predicted molar refractivity (Wildman–Crippen MR) is 107 cm³/mol. The number of rotatable bonds is 6. The molecule has 0 saturated heterocycles. The zero-order valence-electron chi connectivity index (χ0n) is 16.4. The highest BCUT2D eigenvalue weighted by atomic mass is 35.5. The van der Waals surface area contributed by atoms with E-state index in [-0.39, 0.29) is 11.8 Å². The number of carbonyl (C=O) groups is 1. The van der Waals surface area contributed by atoms with Crippen molar-refractivity contribution < 1.29 is 14.3 Å². The lowest BCUT2D eigenvalue weighted by Gasteiger charge is -2.18. The summed E-state index contributed by atoms with van der Waals surface area (Å²) in [7, 11) is 1.54. The van der Waals surface area contributed by atoms with Crippen molar-refractivity contribution in [2.24, 2.45) is 5.41 Å². The number of hydrogen-bond donors (Lipinski definition) is 0. The zero-order valence-corrected chi connectivity index (χ0v) is 18.0. The van der Waals surface area contributed by atoms with Crippen LogP contribution in [0, 0.1) is 12.3 Å². The van der Waals surface area contributed by atoms with Crippen LogP contribution in [-0.2, 0) is 17.0 Å². The summed E-state index contributed by atoms with van der Waals surface area (Å²) in [5.41, 5.74) is 1.98. The standard InChI is InChI=1S/C19H24ClN3O3S/c1-7-12-15(25-6)22-18(23-16(12)26-17(24)19(3,4)5)27-10-13-11(2)8-9-21-14(13)20/h8-9H,7,10H2,1-6H3. The molecule has 146 valence electrons. The Kier molecular flexibility index (Phi) is 7.06. The van der Waals surface area contributed by atoms with Crippen LogP contribution in [0.1, 0.15) is 44.4 Å². The van der Waals surface area contributed by atoms with Crippen LogP contribution in [0.15, 0.2) is 17.4 Å². The quantitative estimate of drug-likeness (QED) is 0.297. The van der Waals surface area contributed by atoms with E-state index in [9.17, 15) is 4.79 Å². The SMILES string of the molecule is CCc1c(OC)nc(SCc2c(C)ccnc2Cl)nc1OC(=O)C(C)(C)C. The summed E-state index contributed by atoms with van der Waals surface area (Å²) < 4.78 is 11.0. The Balaban J connectivity index is 2.34. The van der Waals surface area contributed by atoms with Crippen molar-refractivity contribution in [1.82, 2.24) is 15.0 Å². The fraction of sp³-hybridized carbons (Fsp3) is 0.474. The molecule has 2 rings (SSSR count). The fourth-order valence-corrected chi connectivity index (χ4v) is 3.44. The molecular weight excluding hydrogens is 386 g/mol. The molecule has 0 bridgehead atoms. The maximum atomic E-state index is 12.3. The molecule has 0 aliphatic rings. The minimum Gasteiger partial charge on any atom is -0.481 e. The highest BCUT2D eigenvalue weighted by Crippen LogP contribution is 2.32. The van der Waals surface area contributed by atoms with Crippen molar-refractivity contribution in [2.75, 3.05) is 7.11 Å². The number of pyridine rings is 1. The van der Waals surface area contributed by atoms with E-state index in [0.29, 0.717) is 33.9 Å². The smallest absolute Gasteiger partial charge is 0.317 e. The molecule has 0 aliphatic carbocycles. The van der Waals surface area contributed by atoms with Crippen LogP contribution in [0.4, 0.5) is 0 Å². The highest BCUT2D eigenvalue weighted by Gasteiger charge is 2.27. The molecule has 0 aliphatic heterocycles. The molecular formula is C19H24ClN3O3S. The average molecular weight is 410 g/mol. The zero-order chi connectivity index (χ0) is 20.2. The Morgan fingerprint density at radius 1 is 1.22 bits per heavy atom. The number of esters is 1. The lowest BCUT2D eigenvalue weighted by Crippen LogP contribution is -2.26. The van der Waals surface area contributed by atoms with Crippen molar-refractivity contribution in [2.45, 2.75) is 51.9 Å². The lowest BCUT2D eigenvalue weighted by atomic mass is 9.97. The van der Waals surface area contributed by atoms with Crippen LogP contribution < -0.4 is 9.47 Å². The molecule has 0 saturated carbocycles. The molecule has 0 radical (unpaired) electrons. The first-order valence-electron chi connectivity index (χ1n) is 8.57. The van der Waals surface area contributed by atoms with Gasteiger partial charge in [0.15, 0.2) is 5.16 Å². The predicted octanol–water partition coefficient (Wildman–Crippen LogP) is 4.65. The van der Waals surface area contributed by atoms with Crippen LogP contribution in [0.5, 0.6) is 11.8 Å². The maximum absolute atomic E-state index is 12.3. The van der Waals surface area contributed by atoms with Gasteiger partial charge in [0.1, 0.15) is 5.15 Å². The van der Waals surface area contributed by atoms with Gasteiger partial charge in [0, 0.05) is 17.5 Å². The lowest BCUT2D eigenvalue weighted by molar-refractivity contribution is -0.143. The van der Waals surface area contributed by atoms with Gasteiger partial charge in [-0.15, -0.1) is 0 Å². The molecule has 0 unspecified atom stereocenters. The van der Waals surface area contributed by atoms with Gasteiger partial charge in [0.25, 0.3) is 0 Å². The second-order valence-electron chi connectivity index (χ2n) is 6.98. The largest absolute Gasteiger partial charge is 0.481 e. The van der Waals surface area contributed by atoms with Crippen LogP contribution in [-0.4, -0.2) is 28.0 Å². The molecule has 0 N–H and O–H groups in total. The molecule has 0 fully saturated rings. The Labute approximate surface area is 169 Å². The summed E-state index contributed by atoms with van der Waals surface area (Å²) in [6, 6.07) is 1.90. The Morgan fingerprint density at radius 3 is 2.44 bits per heavy atom. The van der Waals surface area contributed by atoms with Gasteiger partial charge in [0.05, 0.1) is 18.1 Å². The summed E-state index contributed by atoms with van der Waals surface area (Å²) >= 11 is 7.57. The van der Waals surface area contributed by atoms with Crippen molar-refractivity contribution in [3.8, 4) is 11.8 Å². The van der Waals surface area contributed by atoms with E-state index in [1.807, 2.05) is 19.9 Å². The Hall–Kier alpha value is -1.86. The second-order valence-corrected chi connectivity index (χ2v) is 8.28. The molecule has 27 heavy (non-hydrogen) atoms. The second kappa shape index (κ2) is 8.89. The number of thioether (sulfide) groups is 1. The summed E-state index contributed by atoms with van der Waals surface area (Å²) in [5.74, 6) is 0.821. The molecule has 2 heterocycles. The summed E-state index contributed by atoms with van der Waals surface area (Å²) in [5, 5.41) is 0.902. The summed E-state index contributed by atoms with van der Waals surface area (Å²) in [6.45, 7) is 9.29. The van der Waals surface area contributed by atoms with E-state index in [1.54, 1.807) is 27.0 Å². The first-order chi connectivity index (χ1) is 12.7. The molecule has 0 aromatic carbocycles. The number of ether oxygens (including phenoxy) is 2. The summed E-state index contributed by atoms with van der Waals surface area (Å²) in [4.78, 5) is 25.3. The molecule has 6 nitrogen and oxygen atoms in total. The normalized spacial score (nSPS) is 11.4. The van der Waals surface area contributed by atoms with Crippen molar-refractivity contribution >= 4 is 29.3 Å². The average Bonchev–Trinajstić information content (AvgIpc) is 2.60. The van der Waals surface area contributed by atoms with Crippen LogP contribution in [0.25, 0.3) is 0 Å². The van der Waals surface area contributed by atoms with E-state index in [4.69, 9.17) is 21.1 Å². The molecule has 0 atom stereocenters. The van der Waals surface area contributed by atoms with Crippen molar-refractivity contribution in [3.63, 3.8) is 0 Å². The maximum Gasteiger partial charge on any atom is 0.317 e. The fourth-order valence-electron chi connectivity index (χ4n) is 2.15. The van der Waals surface area contributed by atoms with Gasteiger partial charge in [-0.3, -0.25) is 4.79 Å². The van der Waals surface area contributed by atoms with Crippen LogP contribution >= 0.6 is 23.4 Å². The minimum absolute atomic E-state index is 0.237. The number of halogens is 1. The molecule has 8 heteroatoms. The number of carbonyl (C=O) groups excluding carboxylic acids is 1. The molecule has 0 spiro atoms. The van der Waals surface area contributed by atoms with Gasteiger partial charge in [-0.05, 0) is 45.7 Å². The van der Waals surface area contributed by atoms with E-state index in [2.05, 4.69) is 15.0 Å². The number of hydrogen-bond acceptors (Lipinski definition) is 7. The van der Waals surface area contributed by atoms with Crippen LogP contribution in [0.3, 0.4) is 0 Å².